The van der Waals surface area contributed by atoms with Crippen molar-refractivity contribution in [1.29, 1.82) is 0 Å². The van der Waals surface area contributed by atoms with Crippen molar-refractivity contribution in [2.75, 3.05) is 16.4 Å². The normalized spacial score (nSPS) is 11.8. The summed E-state index contributed by atoms with van der Waals surface area (Å²) in [7, 11) is 0. The summed E-state index contributed by atoms with van der Waals surface area (Å²) in [5.74, 6) is 0.730. The number of anilines is 3. The van der Waals surface area contributed by atoms with Crippen molar-refractivity contribution in [3.8, 4) is 0 Å². The van der Waals surface area contributed by atoms with E-state index in [-0.39, 0.29) is 11.9 Å². The zero-order valence-corrected chi connectivity index (χ0v) is 13.3. The van der Waals surface area contributed by atoms with Gasteiger partial charge in [0.2, 0.25) is 11.9 Å². The van der Waals surface area contributed by atoms with Gasteiger partial charge in [0.15, 0.2) is 0 Å². The van der Waals surface area contributed by atoms with E-state index in [1.54, 1.807) is 6.07 Å². The highest BCUT2D eigenvalue weighted by molar-refractivity contribution is 9.10. The molecule has 1 heterocycles. The van der Waals surface area contributed by atoms with E-state index in [0.717, 1.165) is 11.3 Å². The number of carbonyl (C=O) groups excluding carboxylic acids is 1. The number of benzene rings is 1. The minimum absolute atomic E-state index is 0.0348. The van der Waals surface area contributed by atoms with Crippen LogP contribution in [0.3, 0.4) is 0 Å². The van der Waals surface area contributed by atoms with Crippen molar-refractivity contribution in [1.82, 2.24) is 9.97 Å². The molecule has 7 heteroatoms. The first-order chi connectivity index (χ1) is 9.94. The summed E-state index contributed by atoms with van der Waals surface area (Å²) in [6, 6.07) is 9.19. The number of hydrogen-bond donors (Lipinski definition) is 3. The standard InChI is InChI=1S/C14H16BrN5O/c1-8(17-14-19-12(15)7-13(16)20-14)10-4-3-5-11(6-10)18-9(2)21/h3-8H,1-2H3,(H,18,21)(H3,16,17,19,20). The molecule has 2 rings (SSSR count). The lowest BCUT2D eigenvalue weighted by Gasteiger charge is -2.15. The molecule has 0 spiro atoms. The van der Waals surface area contributed by atoms with E-state index in [9.17, 15) is 4.79 Å². The number of aromatic nitrogens is 2. The minimum atomic E-state index is -0.101. The number of hydrogen-bond acceptors (Lipinski definition) is 5. The van der Waals surface area contributed by atoms with Crippen LogP contribution >= 0.6 is 15.9 Å². The van der Waals surface area contributed by atoms with Gasteiger partial charge in [0.05, 0.1) is 6.04 Å². The first-order valence-corrected chi connectivity index (χ1v) is 7.17. The van der Waals surface area contributed by atoms with Gasteiger partial charge in [-0.25, -0.2) is 4.98 Å². The van der Waals surface area contributed by atoms with Crippen LogP contribution in [0.2, 0.25) is 0 Å². The van der Waals surface area contributed by atoms with Gasteiger partial charge >= 0.3 is 0 Å². The third-order valence-electron chi connectivity index (χ3n) is 2.77. The third-order valence-corrected chi connectivity index (χ3v) is 3.17. The molecule has 1 atom stereocenters. The number of nitrogens with one attached hydrogen (secondary N) is 2. The molecular weight excluding hydrogens is 334 g/mol. The number of amides is 1. The Labute approximate surface area is 131 Å². The van der Waals surface area contributed by atoms with Gasteiger partial charge < -0.3 is 16.4 Å². The summed E-state index contributed by atoms with van der Waals surface area (Å²) in [5, 5.41) is 5.93. The number of rotatable bonds is 4. The predicted octanol–water partition coefficient (Wildman–Crippen LogP) is 2.95. The van der Waals surface area contributed by atoms with Gasteiger partial charge in [-0.15, -0.1) is 0 Å². The number of nitrogens with two attached hydrogens (primary N) is 1. The van der Waals surface area contributed by atoms with Crippen LogP contribution in [0.25, 0.3) is 0 Å². The predicted molar refractivity (Wildman–Crippen MR) is 86.9 cm³/mol. The molecule has 1 aromatic carbocycles. The zero-order chi connectivity index (χ0) is 15.4. The van der Waals surface area contributed by atoms with E-state index in [4.69, 9.17) is 5.73 Å². The highest BCUT2D eigenvalue weighted by Gasteiger charge is 2.09. The van der Waals surface area contributed by atoms with Crippen LogP contribution in [0.1, 0.15) is 25.5 Å². The number of halogens is 1. The monoisotopic (exact) mass is 349 g/mol. The molecular formula is C14H16BrN5O. The molecule has 1 aromatic heterocycles. The first-order valence-electron chi connectivity index (χ1n) is 6.38. The average Bonchev–Trinajstić information content (AvgIpc) is 2.36. The fourth-order valence-corrected chi connectivity index (χ4v) is 2.27. The van der Waals surface area contributed by atoms with E-state index in [1.807, 2.05) is 31.2 Å². The molecule has 0 fully saturated rings. The molecule has 0 aliphatic carbocycles. The van der Waals surface area contributed by atoms with Crippen molar-refractivity contribution < 1.29 is 4.79 Å². The second-order valence-electron chi connectivity index (χ2n) is 4.61. The largest absolute Gasteiger partial charge is 0.383 e. The van der Waals surface area contributed by atoms with Crippen LogP contribution in [-0.2, 0) is 4.79 Å². The number of nitrogens with zero attached hydrogens (tertiary/aromatic N) is 2. The summed E-state index contributed by atoms with van der Waals surface area (Å²) in [4.78, 5) is 19.4. The van der Waals surface area contributed by atoms with Crippen molar-refractivity contribution in [2.45, 2.75) is 19.9 Å². The highest BCUT2D eigenvalue weighted by atomic mass is 79.9. The quantitative estimate of drug-likeness (QED) is 0.738. The Morgan fingerprint density at radius 2 is 2.10 bits per heavy atom. The van der Waals surface area contributed by atoms with Crippen LogP contribution in [0.5, 0.6) is 0 Å². The Morgan fingerprint density at radius 1 is 1.33 bits per heavy atom. The summed E-state index contributed by atoms with van der Waals surface area (Å²) < 4.78 is 0.622. The maximum absolute atomic E-state index is 11.1. The van der Waals surface area contributed by atoms with Crippen molar-refractivity contribution in [3.63, 3.8) is 0 Å². The molecule has 21 heavy (non-hydrogen) atoms. The molecule has 110 valence electrons. The molecule has 0 bridgehead atoms. The molecule has 2 aromatic rings. The third kappa shape index (κ3) is 4.42. The number of carbonyl (C=O) groups is 1. The SMILES string of the molecule is CC(=O)Nc1cccc(C(C)Nc2nc(N)cc(Br)n2)c1. The van der Waals surface area contributed by atoms with Crippen molar-refractivity contribution >= 4 is 39.3 Å². The van der Waals surface area contributed by atoms with Gasteiger partial charge in [0.1, 0.15) is 10.4 Å². The fraction of sp³-hybridized carbons (Fsp3) is 0.214. The minimum Gasteiger partial charge on any atom is -0.383 e. The topological polar surface area (TPSA) is 92.9 Å². The average molecular weight is 350 g/mol. The van der Waals surface area contributed by atoms with Crippen LogP contribution in [-0.4, -0.2) is 15.9 Å². The van der Waals surface area contributed by atoms with Gasteiger partial charge in [-0.05, 0) is 40.5 Å². The van der Waals surface area contributed by atoms with Gasteiger partial charge in [-0.3, -0.25) is 4.79 Å². The zero-order valence-electron chi connectivity index (χ0n) is 11.7. The molecule has 0 saturated carbocycles. The number of nitrogen functional groups attached to an aromatic ring is 1. The molecule has 0 radical (unpaired) electrons. The molecule has 0 saturated heterocycles. The van der Waals surface area contributed by atoms with Crippen LogP contribution in [0.4, 0.5) is 17.5 Å². The Bertz CT molecular complexity index is 641. The second-order valence-corrected chi connectivity index (χ2v) is 5.42. The molecule has 1 unspecified atom stereocenters. The summed E-state index contributed by atoms with van der Waals surface area (Å²) in [5.41, 5.74) is 7.44. The second kappa shape index (κ2) is 6.53. The van der Waals surface area contributed by atoms with Gasteiger partial charge in [0, 0.05) is 18.7 Å². The Kier molecular flexibility index (Phi) is 4.74. The van der Waals surface area contributed by atoms with Crippen molar-refractivity contribution in [2.24, 2.45) is 0 Å². The lowest BCUT2D eigenvalue weighted by Crippen LogP contribution is -2.11. The Hall–Kier alpha value is -2.15. The first kappa shape index (κ1) is 15.2. The summed E-state index contributed by atoms with van der Waals surface area (Å²) in [6.45, 7) is 3.46. The van der Waals surface area contributed by atoms with Gasteiger partial charge in [-0.2, -0.15) is 4.98 Å². The lowest BCUT2D eigenvalue weighted by molar-refractivity contribution is -0.114. The molecule has 0 aliphatic rings. The van der Waals surface area contributed by atoms with Gasteiger partial charge in [-0.1, -0.05) is 12.1 Å². The van der Waals surface area contributed by atoms with E-state index in [1.165, 1.54) is 6.92 Å². The Balaban J connectivity index is 2.16. The van der Waals surface area contributed by atoms with Crippen LogP contribution < -0.4 is 16.4 Å². The fourth-order valence-electron chi connectivity index (χ4n) is 1.87. The van der Waals surface area contributed by atoms with E-state index < -0.39 is 0 Å². The maximum Gasteiger partial charge on any atom is 0.226 e. The Morgan fingerprint density at radius 3 is 2.76 bits per heavy atom. The van der Waals surface area contributed by atoms with Crippen molar-refractivity contribution in [3.05, 3.63) is 40.5 Å². The summed E-state index contributed by atoms with van der Waals surface area (Å²) >= 11 is 3.28. The molecule has 1 amide bonds. The highest BCUT2D eigenvalue weighted by Crippen LogP contribution is 2.21. The van der Waals surface area contributed by atoms with Crippen LogP contribution in [0, 0.1) is 0 Å². The van der Waals surface area contributed by atoms with Gasteiger partial charge in [0.25, 0.3) is 0 Å². The smallest absolute Gasteiger partial charge is 0.226 e. The molecule has 6 nitrogen and oxygen atoms in total. The van der Waals surface area contributed by atoms with Crippen LogP contribution in [0.15, 0.2) is 34.9 Å². The maximum atomic E-state index is 11.1. The van der Waals surface area contributed by atoms with E-state index in [0.29, 0.717) is 16.4 Å². The lowest BCUT2D eigenvalue weighted by atomic mass is 10.1. The molecule has 4 N–H and O–H groups in total. The summed E-state index contributed by atoms with van der Waals surface area (Å²) in [6.07, 6.45) is 0. The molecule has 0 aliphatic heterocycles. The van der Waals surface area contributed by atoms with E-state index >= 15 is 0 Å². The van der Waals surface area contributed by atoms with E-state index in [2.05, 4.69) is 36.5 Å².